The summed E-state index contributed by atoms with van der Waals surface area (Å²) >= 11 is 0. The molecule has 3 N–H and O–H groups in total. The van der Waals surface area contributed by atoms with Gasteiger partial charge in [-0.25, -0.2) is 4.39 Å². The van der Waals surface area contributed by atoms with Crippen molar-refractivity contribution in [2.75, 3.05) is 0 Å². The van der Waals surface area contributed by atoms with Gasteiger partial charge in [0.05, 0.1) is 0 Å². The van der Waals surface area contributed by atoms with E-state index in [1.54, 1.807) is 36.4 Å². The van der Waals surface area contributed by atoms with Crippen LogP contribution in [-0.4, -0.2) is 39.6 Å². The smallest absolute Gasteiger partial charge is 0.267 e. The molecule has 0 saturated carbocycles. The van der Waals surface area contributed by atoms with Crippen LogP contribution in [0.5, 0.6) is 0 Å². The molecule has 176 valence electrons. The molecule has 0 spiro atoms. The molecule has 2 aliphatic rings. The van der Waals surface area contributed by atoms with Crippen molar-refractivity contribution >= 4 is 23.6 Å². The predicted molar refractivity (Wildman–Crippen MR) is 123 cm³/mol. The van der Waals surface area contributed by atoms with Crippen molar-refractivity contribution in [2.24, 2.45) is 5.73 Å². The SMILES string of the molecule is NC(=O)c1ncccc1Cc1cc(F)cc(-c2cccc3c2CN(C2CCC(=O)NC2=O)C3=O)c1. The molecule has 1 fully saturated rings. The summed E-state index contributed by atoms with van der Waals surface area (Å²) in [4.78, 5) is 54.2. The van der Waals surface area contributed by atoms with Gasteiger partial charge in [-0.2, -0.15) is 0 Å². The summed E-state index contributed by atoms with van der Waals surface area (Å²) in [6, 6.07) is 12.4. The minimum atomic E-state index is -0.735. The van der Waals surface area contributed by atoms with Gasteiger partial charge in [-0.3, -0.25) is 29.5 Å². The van der Waals surface area contributed by atoms with E-state index in [9.17, 15) is 23.6 Å². The first-order chi connectivity index (χ1) is 16.8. The first kappa shape index (κ1) is 22.4. The third-order valence-electron chi connectivity index (χ3n) is 6.37. The van der Waals surface area contributed by atoms with Crippen LogP contribution in [0.1, 0.15) is 50.4 Å². The van der Waals surface area contributed by atoms with Gasteiger partial charge in [0.1, 0.15) is 17.6 Å². The Labute approximate surface area is 199 Å². The van der Waals surface area contributed by atoms with Crippen LogP contribution in [0.4, 0.5) is 4.39 Å². The van der Waals surface area contributed by atoms with Gasteiger partial charge in [0.25, 0.3) is 11.8 Å². The molecule has 35 heavy (non-hydrogen) atoms. The number of piperidine rings is 1. The van der Waals surface area contributed by atoms with Crippen LogP contribution in [0.3, 0.4) is 0 Å². The molecule has 0 bridgehead atoms. The maximum Gasteiger partial charge on any atom is 0.267 e. The molecule has 3 heterocycles. The number of carbonyl (C=O) groups is 4. The van der Waals surface area contributed by atoms with E-state index in [-0.39, 0.29) is 43.3 Å². The fraction of sp³-hybridized carbons (Fsp3) is 0.192. The highest BCUT2D eigenvalue weighted by atomic mass is 19.1. The third-order valence-corrected chi connectivity index (χ3v) is 6.37. The highest BCUT2D eigenvalue weighted by Crippen LogP contribution is 2.35. The quantitative estimate of drug-likeness (QED) is 0.552. The maximum atomic E-state index is 14.7. The van der Waals surface area contributed by atoms with Crippen LogP contribution in [0.15, 0.2) is 54.7 Å². The second-order valence-electron chi connectivity index (χ2n) is 8.63. The standard InChI is InChI=1S/C26H21FN4O4/c27-17-11-14(9-15-3-2-8-29-23(15)24(28)33)10-16(12-17)18-4-1-5-19-20(18)13-31(26(19)35)21-6-7-22(32)30-25(21)34/h1-5,8,10-12,21H,6-7,9,13H2,(H2,28,33)(H,30,32,34). The van der Waals surface area contributed by atoms with E-state index in [2.05, 4.69) is 10.3 Å². The van der Waals surface area contributed by atoms with E-state index in [0.717, 1.165) is 0 Å². The number of hydrogen-bond acceptors (Lipinski definition) is 5. The highest BCUT2D eigenvalue weighted by Gasteiger charge is 2.39. The minimum Gasteiger partial charge on any atom is -0.364 e. The number of benzene rings is 2. The number of carbonyl (C=O) groups excluding carboxylic acids is 4. The molecule has 0 radical (unpaired) electrons. The Morgan fingerprint density at radius 3 is 2.69 bits per heavy atom. The average Bonchev–Trinajstić information content (AvgIpc) is 3.15. The zero-order valence-electron chi connectivity index (χ0n) is 18.6. The van der Waals surface area contributed by atoms with Crippen molar-refractivity contribution in [2.45, 2.75) is 31.8 Å². The molecule has 4 amide bonds. The highest BCUT2D eigenvalue weighted by molar-refractivity contribution is 6.06. The van der Waals surface area contributed by atoms with E-state index in [0.29, 0.717) is 33.4 Å². The fourth-order valence-corrected chi connectivity index (χ4v) is 4.79. The van der Waals surface area contributed by atoms with E-state index < -0.39 is 23.7 Å². The third kappa shape index (κ3) is 4.16. The van der Waals surface area contributed by atoms with Gasteiger partial charge in [0, 0.05) is 24.7 Å². The number of halogens is 1. The molecule has 9 heteroatoms. The number of nitrogens with two attached hydrogens (primary N) is 1. The summed E-state index contributed by atoms with van der Waals surface area (Å²) in [5.74, 6) is -2.26. The topological polar surface area (TPSA) is 122 Å². The molecule has 2 aliphatic heterocycles. The number of nitrogens with zero attached hydrogens (tertiary/aromatic N) is 2. The van der Waals surface area contributed by atoms with Crippen LogP contribution >= 0.6 is 0 Å². The van der Waals surface area contributed by atoms with Crippen molar-refractivity contribution in [3.05, 3.63) is 88.5 Å². The second-order valence-corrected chi connectivity index (χ2v) is 8.63. The van der Waals surface area contributed by atoms with Crippen molar-refractivity contribution in [3.63, 3.8) is 0 Å². The van der Waals surface area contributed by atoms with Gasteiger partial charge in [0.2, 0.25) is 11.8 Å². The molecule has 1 aromatic heterocycles. The number of primary amides is 1. The molecule has 0 aliphatic carbocycles. The number of pyridine rings is 1. The lowest BCUT2D eigenvalue weighted by atomic mass is 9.94. The van der Waals surface area contributed by atoms with Crippen LogP contribution in [0, 0.1) is 5.82 Å². The number of hydrogen-bond donors (Lipinski definition) is 2. The molecule has 5 rings (SSSR count). The van der Waals surface area contributed by atoms with E-state index in [1.165, 1.54) is 23.2 Å². The zero-order chi connectivity index (χ0) is 24.7. The Kier molecular flexibility index (Phi) is 5.60. The van der Waals surface area contributed by atoms with Crippen molar-refractivity contribution < 1.29 is 23.6 Å². The average molecular weight is 472 g/mol. The van der Waals surface area contributed by atoms with Crippen molar-refractivity contribution in [1.29, 1.82) is 0 Å². The van der Waals surface area contributed by atoms with E-state index >= 15 is 0 Å². The van der Waals surface area contributed by atoms with Gasteiger partial charge < -0.3 is 10.6 Å². The Morgan fingerprint density at radius 2 is 1.91 bits per heavy atom. The largest absolute Gasteiger partial charge is 0.364 e. The number of rotatable bonds is 5. The zero-order valence-corrected chi connectivity index (χ0v) is 18.6. The minimum absolute atomic E-state index is 0.129. The van der Waals surface area contributed by atoms with Gasteiger partial charge in [0.15, 0.2) is 0 Å². The molecule has 1 atom stereocenters. The van der Waals surface area contributed by atoms with Crippen LogP contribution in [0.2, 0.25) is 0 Å². The summed E-state index contributed by atoms with van der Waals surface area (Å²) in [6.45, 7) is 0.177. The summed E-state index contributed by atoms with van der Waals surface area (Å²) in [6.07, 6.45) is 2.14. The van der Waals surface area contributed by atoms with Gasteiger partial charge >= 0.3 is 0 Å². The fourth-order valence-electron chi connectivity index (χ4n) is 4.79. The van der Waals surface area contributed by atoms with Gasteiger partial charge in [-0.1, -0.05) is 24.3 Å². The first-order valence-electron chi connectivity index (χ1n) is 11.1. The molecule has 1 unspecified atom stereocenters. The normalized spacial score (nSPS) is 17.3. The molecule has 3 aromatic rings. The molecule has 2 aromatic carbocycles. The lowest BCUT2D eigenvalue weighted by Crippen LogP contribution is -2.52. The predicted octanol–water partition coefficient (Wildman–Crippen LogP) is 2.34. The molecule has 1 saturated heterocycles. The second kappa shape index (κ2) is 8.75. The Morgan fingerprint density at radius 1 is 1.11 bits per heavy atom. The summed E-state index contributed by atoms with van der Waals surface area (Å²) in [5.41, 5.74) is 9.12. The Bertz CT molecular complexity index is 1400. The van der Waals surface area contributed by atoms with Crippen molar-refractivity contribution in [1.82, 2.24) is 15.2 Å². The monoisotopic (exact) mass is 472 g/mol. The lowest BCUT2D eigenvalue weighted by Gasteiger charge is -2.29. The van der Waals surface area contributed by atoms with Crippen LogP contribution < -0.4 is 11.1 Å². The van der Waals surface area contributed by atoms with E-state index in [1.807, 2.05) is 0 Å². The summed E-state index contributed by atoms with van der Waals surface area (Å²) in [7, 11) is 0. The molecule has 8 nitrogen and oxygen atoms in total. The number of fused-ring (bicyclic) bond motifs is 1. The van der Waals surface area contributed by atoms with E-state index in [4.69, 9.17) is 5.73 Å². The lowest BCUT2D eigenvalue weighted by molar-refractivity contribution is -0.136. The number of amides is 4. The van der Waals surface area contributed by atoms with Crippen LogP contribution in [-0.2, 0) is 22.6 Å². The van der Waals surface area contributed by atoms with Gasteiger partial charge in [-0.15, -0.1) is 0 Å². The Hall–Kier alpha value is -4.40. The maximum absolute atomic E-state index is 14.7. The number of nitrogens with one attached hydrogen (secondary N) is 1. The summed E-state index contributed by atoms with van der Waals surface area (Å²) in [5, 5.41) is 2.29. The first-order valence-corrected chi connectivity index (χ1v) is 11.1. The van der Waals surface area contributed by atoms with Gasteiger partial charge in [-0.05, 0) is 64.9 Å². The van der Waals surface area contributed by atoms with Crippen molar-refractivity contribution in [3.8, 4) is 11.1 Å². The number of imide groups is 1. The molecular weight excluding hydrogens is 451 g/mol. The number of aromatic nitrogens is 1. The Balaban J connectivity index is 1.49. The molecular formula is C26H21FN4O4. The van der Waals surface area contributed by atoms with Crippen LogP contribution in [0.25, 0.3) is 11.1 Å². The summed E-state index contributed by atoms with van der Waals surface area (Å²) < 4.78 is 14.7.